The van der Waals surface area contributed by atoms with Crippen LogP contribution in [0.1, 0.15) is 52.0 Å². The Morgan fingerprint density at radius 1 is 1.05 bits per heavy atom. The molecular weight excluding hydrogens is 538 g/mol. The first-order valence-corrected chi connectivity index (χ1v) is 15.2. The van der Waals surface area contributed by atoms with Gasteiger partial charge in [0.05, 0.1) is 32.5 Å². The lowest BCUT2D eigenvalue weighted by molar-refractivity contribution is -0.182. The lowest BCUT2D eigenvalue weighted by Gasteiger charge is -2.53. The molecule has 1 aromatic rings. The van der Waals surface area contributed by atoms with Crippen molar-refractivity contribution in [2.24, 2.45) is 23.2 Å². The first-order valence-electron chi connectivity index (χ1n) is 15.2. The average Bonchev–Trinajstić information content (AvgIpc) is 3.84. The molecule has 4 atom stereocenters. The van der Waals surface area contributed by atoms with Crippen molar-refractivity contribution in [3.63, 3.8) is 0 Å². The Labute approximate surface area is 247 Å². The van der Waals surface area contributed by atoms with Gasteiger partial charge in [-0.2, -0.15) is 0 Å². The number of carbonyl (C=O) groups is 4. The summed E-state index contributed by atoms with van der Waals surface area (Å²) in [4.78, 5) is 58.9. The summed E-state index contributed by atoms with van der Waals surface area (Å²) in [7, 11) is 1.38. The van der Waals surface area contributed by atoms with Crippen molar-refractivity contribution >= 4 is 23.9 Å². The number of hydrogen-bond donors (Lipinski definition) is 0. The van der Waals surface area contributed by atoms with Gasteiger partial charge in [-0.3, -0.25) is 14.4 Å². The van der Waals surface area contributed by atoms with Gasteiger partial charge < -0.3 is 28.9 Å². The number of ether oxygens (including phenoxy) is 3. The largest absolute Gasteiger partial charge is 0.468 e. The molecule has 4 aliphatic rings. The van der Waals surface area contributed by atoms with Crippen LogP contribution in [0.5, 0.6) is 0 Å². The van der Waals surface area contributed by atoms with E-state index in [4.69, 9.17) is 14.2 Å². The zero-order valence-corrected chi connectivity index (χ0v) is 25.1. The van der Waals surface area contributed by atoms with Crippen molar-refractivity contribution in [1.82, 2.24) is 14.7 Å². The van der Waals surface area contributed by atoms with Crippen LogP contribution in [0.15, 0.2) is 42.1 Å². The van der Waals surface area contributed by atoms with Crippen molar-refractivity contribution in [1.29, 1.82) is 0 Å². The van der Waals surface area contributed by atoms with E-state index in [1.165, 1.54) is 7.11 Å². The monoisotopic (exact) mass is 581 g/mol. The molecule has 3 fully saturated rings. The number of amides is 3. The smallest absolute Gasteiger partial charge is 0.409 e. The third-order valence-corrected chi connectivity index (χ3v) is 9.06. The quantitative estimate of drug-likeness (QED) is 0.432. The highest BCUT2D eigenvalue weighted by molar-refractivity contribution is 5.93. The van der Waals surface area contributed by atoms with Crippen LogP contribution in [-0.2, 0) is 35.1 Å². The van der Waals surface area contributed by atoms with E-state index in [1.807, 2.05) is 36.4 Å². The summed E-state index contributed by atoms with van der Waals surface area (Å²) in [5.74, 6) is -1.13. The van der Waals surface area contributed by atoms with Crippen molar-refractivity contribution in [3.05, 3.63) is 47.7 Å². The highest BCUT2D eigenvalue weighted by Crippen LogP contribution is 2.56. The highest BCUT2D eigenvalue weighted by atomic mass is 16.6. The summed E-state index contributed by atoms with van der Waals surface area (Å²) in [6, 6.07) is 9.70. The summed E-state index contributed by atoms with van der Waals surface area (Å²) < 4.78 is 17.2. The van der Waals surface area contributed by atoms with Gasteiger partial charge in [-0.15, -0.1) is 0 Å². The highest BCUT2D eigenvalue weighted by Gasteiger charge is 2.64. The fourth-order valence-electron chi connectivity index (χ4n) is 6.67. The molecule has 0 bridgehead atoms. The fourth-order valence-corrected chi connectivity index (χ4v) is 6.67. The molecule has 3 amide bonds. The summed E-state index contributed by atoms with van der Waals surface area (Å²) in [5, 5.41) is 0. The molecule has 0 spiro atoms. The number of hydrogen-bond acceptors (Lipinski definition) is 7. The first kappa shape index (κ1) is 30.1. The fraction of sp³-hybridized carbons (Fsp3) is 0.625. The minimum atomic E-state index is -1.18. The number of methoxy groups -OCH3 is 1. The van der Waals surface area contributed by atoms with Crippen LogP contribution < -0.4 is 0 Å². The van der Waals surface area contributed by atoms with Crippen molar-refractivity contribution in [2.75, 3.05) is 39.9 Å². The second-order valence-corrected chi connectivity index (χ2v) is 12.2. The van der Waals surface area contributed by atoms with Gasteiger partial charge in [0.1, 0.15) is 5.41 Å². The first-order chi connectivity index (χ1) is 20.2. The van der Waals surface area contributed by atoms with Gasteiger partial charge in [-0.25, -0.2) is 4.79 Å². The van der Waals surface area contributed by atoms with Crippen molar-refractivity contribution < 1.29 is 33.4 Å². The van der Waals surface area contributed by atoms with Gasteiger partial charge in [0.15, 0.2) is 0 Å². The Hall–Kier alpha value is -3.40. The number of benzene rings is 1. The van der Waals surface area contributed by atoms with Crippen LogP contribution in [0.4, 0.5) is 4.79 Å². The molecule has 1 aromatic carbocycles. The molecule has 3 heterocycles. The molecule has 3 aliphatic heterocycles. The van der Waals surface area contributed by atoms with E-state index in [-0.39, 0.29) is 55.2 Å². The number of likely N-dealkylation sites (tertiary alicyclic amines) is 1. The lowest BCUT2D eigenvalue weighted by atomic mass is 9.64. The van der Waals surface area contributed by atoms with Gasteiger partial charge in [-0.05, 0) is 49.7 Å². The second kappa shape index (κ2) is 12.5. The number of carbonyl (C=O) groups excluding carboxylic acids is 4. The predicted octanol–water partition coefficient (Wildman–Crippen LogP) is 3.60. The van der Waals surface area contributed by atoms with Gasteiger partial charge in [0.25, 0.3) is 0 Å². The molecule has 10 nitrogen and oxygen atoms in total. The molecule has 0 aromatic heterocycles. The van der Waals surface area contributed by atoms with Gasteiger partial charge in [-0.1, -0.05) is 44.2 Å². The van der Waals surface area contributed by atoms with E-state index >= 15 is 0 Å². The number of piperidine rings is 1. The van der Waals surface area contributed by atoms with Crippen LogP contribution in [0.2, 0.25) is 0 Å². The second-order valence-electron chi connectivity index (χ2n) is 12.2. The van der Waals surface area contributed by atoms with E-state index in [0.29, 0.717) is 38.5 Å². The van der Waals surface area contributed by atoms with Gasteiger partial charge in [0.2, 0.25) is 11.8 Å². The topological polar surface area (TPSA) is 106 Å². The van der Waals surface area contributed by atoms with Crippen LogP contribution in [-0.4, -0.2) is 90.7 Å². The van der Waals surface area contributed by atoms with E-state index < -0.39 is 23.4 Å². The van der Waals surface area contributed by atoms with Crippen LogP contribution >= 0.6 is 0 Å². The van der Waals surface area contributed by atoms with E-state index in [1.54, 1.807) is 21.6 Å². The lowest BCUT2D eigenvalue weighted by Crippen LogP contribution is -2.61. The average molecular weight is 582 g/mol. The van der Waals surface area contributed by atoms with Gasteiger partial charge >= 0.3 is 12.1 Å². The maximum Gasteiger partial charge on any atom is 0.409 e. The Kier molecular flexibility index (Phi) is 8.92. The minimum Gasteiger partial charge on any atom is -0.468 e. The number of esters is 1. The summed E-state index contributed by atoms with van der Waals surface area (Å²) in [6.45, 7) is 7.96. The predicted molar refractivity (Wildman–Crippen MR) is 154 cm³/mol. The molecule has 228 valence electrons. The molecule has 5 rings (SSSR count). The standard InChI is InChI=1S/C32H43N3O7/c1-5-41-31(39)34-15-13-33(14-16-34)27(36)17-24-19-32(30(38)40-4)26(18-25(21(2)3)42-28(32)23-11-12-23)35(29(24)37)20-22-9-7-6-8-10-22/h6-10,18,21,23-25,28H,5,11-17,19-20H2,1-4H3/t24-,25+,28+,32+/m0/s1. The van der Waals surface area contributed by atoms with Crippen LogP contribution in [0, 0.1) is 23.2 Å². The van der Waals surface area contributed by atoms with E-state index in [2.05, 4.69) is 13.8 Å². The molecular formula is C32H43N3O7. The summed E-state index contributed by atoms with van der Waals surface area (Å²) in [5.41, 5.74) is 0.400. The van der Waals surface area contributed by atoms with E-state index in [9.17, 15) is 19.2 Å². The molecule has 1 aliphatic carbocycles. The molecule has 0 unspecified atom stereocenters. The molecule has 2 saturated heterocycles. The number of fused-ring (bicyclic) bond motifs is 1. The zero-order chi connectivity index (χ0) is 30.0. The van der Waals surface area contributed by atoms with Crippen LogP contribution in [0.3, 0.4) is 0 Å². The number of nitrogens with zero attached hydrogens (tertiary/aromatic N) is 3. The normalized spacial score (nSPS) is 27.8. The van der Waals surface area contributed by atoms with Crippen LogP contribution in [0.25, 0.3) is 0 Å². The zero-order valence-electron chi connectivity index (χ0n) is 25.1. The molecule has 42 heavy (non-hydrogen) atoms. The Bertz CT molecular complexity index is 1210. The third-order valence-electron chi connectivity index (χ3n) is 9.06. The Morgan fingerprint density at radius 3 is 2.31 bits per heavy atom. The molecule has 0 N–H and O–H groups in total. The minimum absolute atomic E-state index is 0.0272. The van der Waals surface area contributed by atoms with E-state index in [0.717, 1.165) is 18.4 Å². The van der Waals surface area contributed by atoms with Crippen molar-refractivity contribution in [2.45, 2.75) is 65.2 Å². The number of piperazine rings is 1. The maximum atomic E-state index is 14.3. The Balaban J connectivity index is 1.47. The summed E-state index contributed by atoms with van der Waals surface area (Å²) in [6.07, 6.45) is 2.92. The summed E-state index contributed by atoms with van der Waals surface area (Å²) >= 11 is 0. The van der Waals surface area contributed by atoms with Crippen molar-refractivity contribution in [3.8, 4) is 0 Å². The molecule has 0 radical (unpaired) electrons. The van der Waals surface area contributed by atoms with Gasteiger partial charge in [0, 0.05) is 44.2 Å². The number of rotatable bonds is 8. The Morgan fingerprint density at radius 2 is 1.71 bits per heavy atom. The maximum absolute atomic E-state index is 14.3. The SMILES string of the molecule is CCOC(=O)N1CCN(C(=O)C[C@H]2C[C@@]3(C(=O)OC)C(=C[C@H](C(C)C)O[C@@H]3C3CC3)N(Cc3ccccc3)C2=O)CC1. The molecule has 1 saturated carbocycles. The molecule has 10 heteroatoms. The third kappa shape index (κ3) is 5.78.